The highest BCUT2D eigenvalue weighted by Crippen LogP contribution is 2.04. The molecule has 0 saturated heterocycles. The van der Waals surface area contributed by atoms with E-state index in [-0.39, 0.29) is 12.6 Å². The Morgan fingerprint density at radius 1 is 1.35 bits per heavy atom. The maximum atomic E-state index is 11.7. The number of hydrogen-bond acceptors (Lipinski definition) is 4. The predicted octanol–water partition coefficient (Wildman–Crippen LogP) is 0.455. The van der Waals surface area contributed by atoms with Crippen LogP contribution in [0.1, 0.15) is 27.7 Å². The second kappa shape index (κ2) is 7.63. The zero-order chi connectivity index (χ0) is 13.4. The monoisotopic (exact) mass is 240 g/mol. The molecule has 0 spiro atoms. The molecule has 0 aromatic heterocycles. The quantitative estimate of drug-likeness (QED) is 0.683. The number of nitrogens with one attached hydrogen (secondary N) is 2. The molecule has 6 nitrogen and oxygen atoms in total. The van der Waals surface area contributed by atoms with E-state index in [4.69, 9.17) is 5.26 Å². The number of urea groups is 1. The van der Waals surface area contributed by atoms with Crippen LogP contribution in [0.4, 0.5) is 4.79 Å². The molecule has 0 aromatic carbocycles. The molecule has 3 amide bonds. The topological polar surface area (TPSA) is 85.2 Å². The van der Waals surface area contributed by atoms with Gasteiger partial charge in [-0.2, -0.15) is 5.26 Å². The van der Waals surface area contributed by atoms with Crippen molar-refractivity contribution in [3.63, 3.8) is 0 Å². The van der Waals surface area contributed by atoms with E-state index in [0.29, 0.717) is 6.54 Å². The molecule has 0 radical (unpaired) electrons. The van der Waals surface area contributed by atoms with E-state index in [1.54, 1.807) is 18.7 Å². The van der Waals surface area contributed by atoms with Crippen molar-refractivity contribution in [3.8, 4) is 6.07 Å². The molecule has 0 aliphatic rings. The van der Waals surface area contributed by atoms with Crippen LogP contribution in [0, 0.1) is 11.3 Å². The Kier molecular flexibility index (Phi) is 6.91. The van der Waals surface area contributed by atoms with Crippen molar-refractivity contribution in [3.05, 3.63) is 0 Å². The van der Waals surface area contributed by atoms with Crippen LogP contribution >= 0.6 is 0 Å². The van der Waals surface area contributed by atoms with Gasteiger partial charge in [0.2, 0.25) is 5.91 Å². The number of hydrogen-bond donors (Lipinski definition) is 2. The maximum Gasteiger partial charge on any atom is 0.321 e. The fraction of sp³-hybridized carbons (Fsp3) is 0.727. The Balaban J connectivity index is 4.45. The Labute approximate surface area is 102 Å². The number of nitriles is 1. The van der Waals surface area contributed by atoms with Crippen molar-refractivity contribution in [2.75, 3.05) is 13.1 Å². The average molecular weight is 240 g/mol. The molecular weight excluding hydrogens is 220 g/mol. The summed E-state index contributed by atoms with van der Waals surface area (Å²) in [6.07, 6.45) is 0. The SMILES string of the molecule is CCNC(=O)NC(=O)C(C)N(CC#N)C(C)C. The lowest BCUT2D eigenvalue weighted by Gasteiger charge is -2.29. The first kappa shape index (κ1) is 15.4. The van der Waals surface area contributed by atoms with Gasteiger partial charge in [0.1, 0.15) is 0 Å². The summed E-state index contributed by atoms with van der Waals surface area (Å²) in [5, 5.41) is 13.4. The summed E-state index contributed by atoms with van der Waals surface area (Å²) in [6.45, 7) is 7.84. The van der Waals surface area contributed by atoms with Gasteiger partial charge in [0.25, 0.3) is 0 Å². The van der Waals surface area contributed by atoms with Gasteiger partial charge in [-0.15, -0.1) is 0 Å². The number of carbonyl (C=O) groups is 2. The molecule has 1 unspecified atom stereocenters. The van der Waals surface area contributed by atoms with Crippen LogP contribution in [0.25, 0.3) is 0 Å². The summed E-state index contributed by atoms with van der Waals surface area (Å²) in [4.78, 5) is 24.6. The standard InChI is InChI=1S/C11H20N4O2/c1-5-13-11(17)14-10(16)9(4)15(7-6-12)8(2)3/h8-9H,5,7H2,1-4H3,(H2,13,14,16,17). The third kappa shape index (κ3) is 5.31. The van der Waals surface area contributed by atoms with Crippen LogP contribution in [-0.4, -0.2) is 42.0 Å². The lowest BCUT2D eigenvalue weighted by molar-refractivity contribution is -0.125. The minimum absolute atomic E-state index is 0.0598. The minimum atomic E-state index is -0.516. The summed E-state index contributed by atoms with van der Waals surface area (Å²) in [6, 6.07) is 1.04. The molecule has 0 bridgehead atoms. The highest BCUT2D eigenvalue weighted by atomic mass is 16.2. The Hall–Kier alpha value is -1.61. The lowest BCUT2D eigenvalue weighted by atomic mass is 10.2. The molecule has 2 N–H and O–H groups in total. The largest absolute Gasteiger partial charge is 0.338 e. The molecular formula is C11H20N4O2. The van der Waals surface area contributed by atoms with Gasteiger partial charge >= 0.3 is 6.03 Å². The van der Waals surface area contributed by atoms with E-state index in [9.17, 15) is 9.59 Å². The van der Waals surface area contributed by atoms with Gasteiger partial charge in [-0.3, -0.25) is 15.0 Å². The van der Waals surface area contributed by atoms with E-state index in [1.165, 1.54) is 0 Å². The first-order valence-corrected chi connectivity index (χ1v) is 5.65. The second-order valence-corrected chi connectivity index (χ2v) is 3.95. The lowest BCUT2D eigenvalue weighted by Crippen LogP contribution is -2.51. The molecule has 0 rings (SSSR count). The average Bonchev–Trinajstić information content (AvgIpc) is 2.24. The van der Waals surface area contributed by atoms with E-state index in [0.717, 1.165) is 0 Å². The van der Waals surface area contributed by atoms with Crippen LogP contribution in [0.2, 0.25) is 0 Å². The van der Waals surface area contributed by atoms with Crippen LogP contribution < -0.4 is 10.6 Å². The van der Waals surface area contributed by atoms with Crippen molar-refractivity contribution in [1.29, 1.82) is 5.26 Å². The van der Waals surface area contributed by atoms with Gasteiger partial charge in [0, 0.05) is 12.6 Å². The molecule has 1 atom stereocenters. The van der Waals surface area contributed by atoms with Crippen molar-refractivity contribution in [1.82, 2.24) is 15.5 Å². The first-order valence-electron chi connectivity index (χ1n) is 5.65. The van der Waals surface area contributed by atoms with Crippen molar-refractivity contribution in [2.24, 2.45) is 0 Å². The third-order valence-corrected chi connectivity index (χ3v) is 2.37. The molecule has 17 heavy (non-hydrogen) atoms. The molecule has 0 saturated carbocycles. The summed E-state index contributed by atoms with van der Waals surface area (Å²) < 4.78 is 0. The van der Waals surface area contributed by atoms with E-state index in [2.05, 4.69) is 10.6 Å². The summed E-state index contributed by atoms with van der Waals surface area (Å²) in [5.74, 6) is -0.403. The molecule has 0 aliphatic carbocycles. The summed E-state index contributed by atoms with van der Waals surface area (Å²) in [7, 11) is 0. The van der Waals surface area contributed by atoms with Crippen LogP contribution in [-0.2, 0) is 4.79 Å². The third-order valence-electron chi connectivity index (χ3n) is 2.37. The molecule has 0 aromatic rings. The van der Waals surface area contributed by atoms with E-state index in [1.807, 2.05) is 19.9 Å². The Morgan fingerprint density at radius 3 is 2.35 bits per heavy atom. The molecule has 96 valence electrons. The summed E-state index contributed by atoms with van der Waals surface area (Å²) >= 11 is 0. The Morgan fingerprint density at radius 2 is 1.94 bits per heavy atom. The van der Waals surface area contributed by atoms with Crippen molar-refractivity contribution >= 4 is 11.9 Å². The van der Waals surface area contributed by atoms with Gasteiger partial charge in [-0.25, -0.2) is 4.79 Å². The first-order chi connectivity index (χ1) is 7.93. The van der Waals surface area contributed by atoms with Crippen molar-refractivity contribution in [2.45, 2.75) is 39.8 Å². The smallest absolute Gasteiger partial charge is 0.321 e. The van der Waals surface area contributed by atoms with Gasteiger partial charge < -0.3 is 5.32 Å². The molecule has 0 aliphatic heterocycles. The van der Waals surface area contributed by atoms with E-state index < -0.39 is 18.0 Å². The summed E-state index contributed by atoms with van der Waals surface area (Å²) in [5.41, 5.74) is 0. The highest BCUT2D eigenvalue weighted by Gasteiger charge is 2.24. The van der Waals surface area contributed by atoms with Gasteiger partial charge in [0.05, 0.1) is 18.7 Å². The number of amides is 3. The van der Waals surface area contributed by atoms with Crippen LogP contribution in [0.15, 0.2) is 0 Å². The normalized spacial score (nSPS) is 12.1. The Bertz CT molecular complexity index is 309. The minimum Gasteiger partial charge on any atom is -0.338 e. The zero-order valence-electron chi connectivity index (χ0n) is 10.8. The predicted molar refractivity (Wildman–Crippen MR) is 64.1 cm³/mol. The maximum absolute atomic E-state index is 11.7. The molecule has 6 heteroatoms. The van der Waals surface area contributed by atoms with Gasteiger partial charge in [-0.1, -0.05) is 0 Å². The van der Waals surface area contributed by atoms with E-state index >= 15 is 0 Å². The molecule has 0 fully saturated rings. The number of rotatable bonds is 5. The van der Waals surface area contributed by atoms with Crippen LogP contribution in [0.5, 0.6) is 0 Å². The van der Waals surface area contributed by atoms with Gasteiger partial charge in [-0.05, 0) is 27.7 Å². The van der Waals surface area contributed by atoms with Gasteiger partial charge in [0.15, 0.2) is 0 Å². The number of imide groups is 1. The van der Waals surface area contributed by atoms with Crippen LogP contribution in [0.3, 0.4) is 0 Å². The zero-order valence-corrected chi connectivity index (χ0v) is 10.8. The highest BCUT2D eigenvalue weighted by molar-refractivity contribution is 5.96. The number of nitrogens with zero attached hydrogens (tertiary/aromatic N) is 2. The number of carbonyl (C=O) groups excluding carboxylic acids is 2. The second-order valence-electron chi connectivity index (χ2n) is 3.95. The fourth-order valence-corrected chi connectivity index (χ4v) is 1.42. The van der Waals surface area contributed by atoms with Crippen molar-refractivity contribution < 1.29 is 9.59 Å². The fourth-order valence-electron chi connectivity index (χ4n) is 1.42. The molecule has 0 heterocycles.